The first kappa shape index (κ1) is 17.1. The van der Waals surface area contributed by atoms with E-state index >= 15 is 0 Å². The van der Waals surface area contributed by atoms with Crippen LogP contribution in [-0.4, -0.2) is 35.1 Å². The summed E-state index contributed by atoms with van der Waals surface area (Å²) in [6.07, 6.45) is 5.80. The second kappa shape index (κ2) is 6.12. The van der Waals surface area contributed by atoms with Gasteiger partial charge < -0.3 is 14.3 Å². The van der Waals surface area contributed by atoms with Crippen molar-refractivity contribution in [3.63, 3.8) is 0 Å². The van der Waals surface area contributed by atoms with E-state index in [1.807, 2.05) is 0 Å². The molecule has 4 aliphatic carbocycles. The third kappa shape index (κ3) is 3.09. The molecule has 1 heterocycles. The maximum Gasteiger partial charge on any atom is 0.312 e. The summed E-state index contributed by atoms with van der Waals surface area (Å²) in [6, 6.07) is 3.01. The Morgan fingerprint density at radius 3 is 2.54 bits per heavy atom. The highest BCUT2D eigenvalue weighted by Crippen LogP contribution is 2.61. The van der Waals surface area contributed by atoms with Crippen LogP contribution in [0.4, 0.5) is 0 Å². The fourth-order valence-electron chi connectivity index (χ4n) is 5.37. The number of furan rings is 1. The summed E-state index contributed by atoms with van der Waals surface area (Å²) in [4.78, 5) is 36.1. The Hall–Kier alpha value is -2.35. The first-order valence-electron chi connectivity index (χ1n) is 8.90. The summed E-state index contributed by atoms with van der Waals surface area (Å²) in [5.41, 5.74) is 2.94. The van der Waals surface area contributed by atoms with Crippen LogP contribution in [0.2, 0.25) is 0 Å². The Labute approximate surface area is 150 Å². The standard InChI is InChI=1S/C18H22N2O6/c21-14(19-20-15(22)13-2-1-3-25-13)9-26-16(23)17-5-11-4-12(6-17)8-18(24,7-11)10-17/h1-3,11-12,24H,4-10H2,(H,19,21)(H,20,22)/t11-,12+,17?,18?. The van der Waals surface area contributed by atoms with Gasteiger partial charge in [-0.05, 0) is 62.5 Å². The minimum Gasteiger partial charge on any atom is -0.459 e. The van der Waals surface area contributed by atoms with Gasteiger partial charge in [0.25, 0.3) is 5.91 Å². The number of hydrazine groups is 1. The molecule has 1 aromatic rings. The topological polar surface area (TPSA) is 118 Å². The van der Waals surface area contributed by atoms with Gasteiger partial charge in [0.1, 0.15) is 0 Å². The van der Waals surface area contributed by atoms with Gasteiger partial charge in [0.15, 0.2) is 12.4 Å². The largest absolute Gasteiger partial charge is 0.459 e. The molecule has 0 saturated heterocycles. The van der Waals surface area contributed by atoms with Gasteiger partial charge in [0.05, 0.1) is 17.3 Å². The summed E-state index contributed by atoms with van der Waals surface area (Å²) in [5, 5.41) is 10.7. The lowest BCUT2D eigenvalue weighted by Crippen LogP contribution is -2.58. The Balaban J connectivity index is 1.29. The molecular weight excluding hydrogens is 340 g/mol. The molecule has 8 nitrogen and oxygen atoms in total. The van der Waals surface area contributed by atoms with Gasteiger partial charge >= 0.3 is 11.9 Å². The van der Waals surface area contributed by atoms with Crippen molar-refractivity contribution >= 4 is 17.8 Å². The van der Waals surface area contributed by atoms with Crippen molar-refractivity contribution in [2.45, 2.75) is 44.1 Å². The Bertz CT molecular complexity index is 714. The van der Waals surface area contributed by atoms with Crippen LogP contribution < -0.4 is 10.9 Å². The first-order valence-corrected chi connectivity index (χ1v) is 8.90. The number of nitrogens with one attached hydrogen (secondary N) is 2. The van der Waals surface area contributed by atoms with Gasteiger partial charge in [-0.2, -0.15) is 0 Å². The van der Waals surface area contributed by atoms with Crippen LogP contribution in [0.15, 0.2) is 22.8 Å². The highest BCUT2D eigenvalue weighted by atomic mass is 16.5. The number of ether oxygens (including phenoxy) is 1. The number of esters is 1. The van der Waals surface area contributed by atoms with Crippen molar-refractivity contribution in [2.75, 3.05) is 6.61 Å². The van der Waals surface area contributed by atoms with E-state index in [1.54, 1.807) is 6.07 Å². The first-order chi connectivity index (χ1) is 12.4. The summed E-state index contributed by atoms with van der Waals surface area (Å²) < 4.78 is 10.1. The molecule has 3 N–H and O–H groups in total. The van der Waals surface area contributed by atoms with Crippen molar-refractivity contribution in [1.82, 2.24) is 10.9 Å². The maximum atomic E-state index is 12.7. The van der Waals surface area contributed by atoms with Gasteiger partial charge in [-0.1, -0.05) is 0 Å². The zero-order valence-corrected chi connectivity index (χ0v) is 14.3. The Kier molecular flexibility index (Phi) is 4.02. The number of carbonyl (C=O) groups is 3. The summed E-state index contributed by atoms with van der Waals surface area (Å²) in [6.45, 7) is -0.479. The number of aliphatic hydroxyl groups is 1. The van der Waals surface area contributed by atoms with Crippen LogP contribution in [0.5, 0.6) is 0 Å². The van der Waals surface area contributed by atoms with Crippen molar-refractivity contribution in [1.29, 1.82) is 0 Å². The molecule has 8 heteroatoms. The van der Waals surface area contributed by atoms with Gasteiger partial charge in [-0.3, -0.25) is 25.2 Å². The number of hydrogen-bond donors (Lipinski definition) is 3. The molecule has 0 aliphatic heterocycles. The van der Waals surface area contributed by atoms with Crippen LogP contribution >= 0.6 is 0 Å². The number of carbonyl (C=O) groups excluding carboxylic acids is 3. The summed E-state index contributed by atoms with van der Waals surface area (Å²) in [5.74, 6) is -0.883. The second-order valence-corrected chi connectivity index (χ2v) is 8.02. The Morgan fingerprint density at radius 2 is 1.92 bits per heavy atom. The fraction of sp³-hybridized carbons (Fsp3) is 0.611. The molecule has 26 heavy (non-hydrogen) atoms. The second-order valence-electron chi connectivity index (χ2n) is 8.02. The van der Waals surface area contributed by atoms with Crippen LogP contribution in [0, 0.1) is 17.3 Å². The highest BCUT2D eigenvalue weighted by Gasteiger charge is 2.60. The maximum absolute atomic E-state index is 12.7. The molecule has 4 aliphatic rings. The Morgan fingerprint density at radius 1 is 1.19 bits per heavy atom. The van der Waals surface area contributed by atoms with Crippen molar-refractivity contribution in [3.05, 3.63) is 24.2 Å². The van der Waals surface area contributed by atoms with Gasteiger partial charge in [0.2, 0.25) is 0 Å². The molecule has 1 aromatic heterocycles. The lowest BCUT2D eigenvalue weighted by molar-refractivity contribution is -0.196. The zero-order chi connectivity index (χ0) is 18.4. The summed E-state index contributed by atoms with van der Waals surface area (Å²) >= 11 is 0. The molecular formula is C18H22N2O6. The van der Waals surface area contributed by atoms with Crippen molar-refractivity contribution in [3.8, 4) is 0 Å². The molecule has 4 bridgehead atoms. The molecule has 140 valence electrons. The van der Waals surface area contributed by atoms with Crippen LogP contribution in [0.25, 0.3) is 0 Å². The van der Waals surface area contributed by atoms with Crippen molar-refractivity contribution < 1.29 is 28.6 Å². The van der Waals surface area contributed by atoms with Crippen LogP contribution in [0.3, 0.4) is 0 Å². The third-order valence-electron chi connectivity index (χ3n) is 5.86. The van der Waals surface area contributed by atoms with E-state index < -0.39 is 35.4 Å². The van der Waals surface area contributed by atoms with Crippen molar-refractivity contribution in [2.24, 2.45) is 17.3 Å². The molecule has 4 saturated carbocycles. The SMILES string of the molecule is O=C(COC(=O)C12C[C@@H]3C[C@@H](CC(O)(C3)C1)C2)NNC(=O)c1ccco1. The van der Waals surface area contributed by atoms with E-state index in [0.29, 0.717) is 18.3 Å². The molecule has 5 rings (SSSR count). The number of rotatable bonds is 4. The normalized spacial score (nSPS) is 34.3. The van der Waals surface area contributed by atoms with E-state index in [1.165, 1.54) is 12.3 Å². The lowest BCUT2D eigenvalue weighted by Gasteiger charge is -2.58. The molecule has 0 aromatic carbocycles. The van der Waals surface area contributed by atoms with Crippen LogP contribution in [0.1, 0.15) is 49.1 Å². The molecule has 0 radical (unpaired) electrons. The van der Waals surface area contributed by atoms with E-state index in [9.17, 15) is 19.5 Å². The quantitative estimate of drug-likeness (QED) is 0.541. The average molecular weight is 362 g/mol. The molecule has 4 atom stereocenters. The molecule has 0 spiro atoms. The monoisotopic (exact) mass is 362 g/mol. The van der Waals surface area contributed by atoms with E-state index in [2.05, 4.69) is 10.9 Å². The highest BCUT2D eigenvalue weighted by molar-refractivity contribution is 5.93. The van der Waals surface area contributed by atoms with Crippen LogP contribution in [-0.2, 0) is 14.3 Å². The van der Waals surface area contributed by atoms with E-state index in [0.717, 1.165) is 32.1 Å². The smallest absolute Gasteiger partial charge is 0.312 e. The predicted octanol–water partition coefficient (Wildman–Crippen LogP) is 0.915. The molecule has 4 fully saturated rings. The minimum absolute atomic E-state index is 0.0594. The van der Waals surface area contributed by atoms with Gasteiger partial charge in [-0.15, -0.1) is 0 Å². The van der Waals surface area contributed by atoms with E-state index in [-0.39, 0.29) is 5.76 Å². The molecule has 2 unspecified atom stereocenters. The lowest BCUT2D eigenvalue weighted by atomic mass is 9.48. The number of hydrogen-bond acceptors (Lipinski definition) is 6. The zero-order valence-electron chi connectivity index (χ0n) is 14.3. The summed E-state index contributed by atoms with van der Waals surface area (Å²) in [7, 11) is 0. The molecule has 2 amide bonds. The predicted molar refractivity (Wildman–Crippen MR) is 87.3 cm³/mol. The van der Waals surface area contributed by atoms with Gasteiger partial charge in [-0.25, -0.2) is 0 Å². The van der Waals surface area contributed by atoms with Gasteiger partial charge in [0, 0.05) is 0 Å². The average Bonchev–Trinajstić information content (AvgIpc) is 3.09. The number of amides is 2. The fourth-order valence-corrected chi connectivity index (χ4v) is 5.37. The van der Waals surface area contributed by atoms with E-state index in [4.69, 9.17) is 9.15 Å². The third-order valence-corrected chi connectivity index (χ3v) is 5.86. The minimum atomic E-state index is -0.762.